The number of hydrogen-bond donors (Lipinski definition) is 1. The quantitative estimate of drug-likeness (QED) is 0.911. The van der Waals surface area contributed by atoms with Gasteiger partial charge in [-0.3, -0.25) is 9.80 Å². The summed E-state index contributed by atoms with van der Waals surface area (Å²) in [6, 6.07) is 8.09. The molecular weight excluding hydrogens is 246 g/mol. The van der Waals surface area contributed by atoms with Crippen molar-refractivity contribution in [3.05, 3.63) is 34.9 Å². The van der Waals surface area contributed by atoms with Gasteiger partial charge < -0.3 is 5.73 Å². The molecule has 1 heterocycles. The van der Waals surface area contributed by atoms with Gasteiger partial charge in [0.1, 0.15) is 0 Å². The lowest BCUT2D eigenvalue weighted by Gasteiger charge is -2.39. The molecule has 20 heavy (non-hydrogen) atoms. The first-order chi connectivity index (χ1) is 9.69. The number of rotatable bonds is 4. The lowest BCUT2D eigenvalue weighted by Crippen LogP contribution is -2.49. The lowest BCUT2D eigenvalue weighted by molar-refractivity contribution is 0.0938. The van der Waals surface area contributed by atoms with E-state index in [4.69, 9.17) is 5.73 Å². The summed E-state index contributed by atoms with van der Waals surface area (Å²) in [5.74, 6) is 0. The maximum absolute atomic E-state index is 6.08. The Bertz CT molecular complexity index is 459. The summed E-state index contributed by atoms with van der Waals surface area (Å²) in [6.07, 6.45) is 2.83. The summed E-state index contributed by atoms with van der Waals surface area (Å²) in [5, 5.41) is 0. The zero-order valence-corrected chi connectivity index (χ0v) is 12.8. The molecule has 1 aromatic rings. The fraction of sp³-hybridized carbons (Fsp3) is 0.647. The molecule has 0 amide bonds. The number of piperazine rings is 1. The van der Waals surface area contributed by atoms with Crippen LogP contribution in [0, 0.1) is 13.8 Å². The van der Waals surface area contributed by atoms with Crippen molar-refractivity contribution in [3.8, 4) is 0 Å². The lowest BCUT2D eigenvalue weighted by atomic mass is 9.99. The van der Waals surface area contributed by atoms with Crippen molar-refractivity contribution in [1.82, 2.24) is 9.80 Å². The Morgan fingerprint density at radius 1 is 1.10 bits per heavy atom. The highest BCUT2D eigenvalue weighted by atomic mass is 15.3. The van der Waals surface area contributed by atoms with E-state index in [1.54, 1.807) is 0 Å². The van der Waals surface area contributed by atoms with Crippen molar-refractivity contribution in [3.63, 3.8) is 0 Å². The smallest absolute Gasteiger partial charge is 0.0471 e. The van der Waals surface area contributed by atoms with Gasteiger partial charge in [-0.05, 0) is 43.4 Å². The van der Waals surface area contributed by atoms with Crippen LogP contribution in [0.2, 0.25) is 0 Å². The van der Waals surface area contributed by atoms with Crippen molar-refractivity contribution >= 4 is 0 Å². The second-order valence-corrected chi connectivity index (χ2v) is 6.40. The average Bonchev–Trinajstić information content (AvgIpc) is 3.29. The molecule has 1 unspecified atom stereocenters. The van der Waals surface area contributed by atoms with Gasteiger partial charge in [-0.15, -0.1) is 0 Å². The molecule has 1 aromatic carbocycles. The minimum atomic E-state index is 0.385. The molecule has 1 saturated carbocycles. The van der Waals surface area contributed by atoms with Crippen LogP contribution in [0.15, 0.2) is 18.2 Å². The van der Waals surface area contributed by atoms with Gasteiger partial charge in [0, 0.05) is 44.8 Å². The van der Waals surface area contributed by atoms with E-state index in [0.717, 1.165) is 19.1 Å². The molecule has 0 spiro atoms. The van der Waals surface area contributed by atoms with E-state index in [-0.39, 0.29) is 0 Å². The number of nitrogens with zero attached hydrogens (tertiary/aromatic N) is 2. The number of benzene rings is 1. The molecular formula is C17H27N3. The Kier molecular flexibility index (Phi) is 4.11. The first kappa shape index (κ1) is 14.1. The molecule has 2 N–H and O–H groups in total. The van der Waals surface area contributed by atoms with Gasteiger partial charge in [0.15, 0.2) is 0 Å². The zero-order valence-electron chi connectivity index (χ0n) is 12.8. The SMILES string of the molecule is Cc1ccc(C(CN)N2CCN(C3CC3)CC2)cc1C. The highest BCUT2D eigenvalue weighted by molar-refractivity contribution is 5.32. The highest BCUT2D eigenvalue weighted by Crippen LogP contribution is 2.29. The number of aryl methyl sites for hydroxylation is 2. The summed E-state index contributed by atoms with van der Waals surface area (Å²) in [5.41, 5.74) is 10.2. The molecule has 0 bridgehead atoms. The predicted octanol–water partition coefficient (Wildman–Crippen LogP) is 2.08. The number of nitrogens with two attached hydrogens (primary N) is 1. The van der Waals surface area contributed by atoms with E-state index in [2.05, 4.69) is 41.8 Å². The van der Waals surface area contributed by atoms with E-state index >= 15 is 0 Å². The van der Waals surface area contributed by atoms with Crippen LogP contribution < -0.4 is 5.73 Å². The highest BCUT2D eigenvalue weighted by Gasteiger charge is 2.32. The van der Waals surface area contributed by atoms with Gasteiger partial charge in [0.05, 0.1) is 0 Å². The molecule has 3 nitrogen and oxygen atoms in total. The monoisotopic (exact) mass is 273 g/mol. The molecule has 1 aliphatic carbocycles. The van der Waals surface area contributed by atoms with Crippen molar-refractivity contribution in [2.24, 2.45) is 5.73 Å². The molecule has 1 saturated heterocycles. The van der Waals surface area contributed by atoms with E-state index in [0.29, 0.717) is 12.6 Å². The van der Waals surface area contributed by atoms with Crippen LogP contribution in [0.3, 0.4) is 0 Å². The van der Waals surface area contributed by atoms with Crippen LogP contribution in [0.5, 0.6) is 0 Å². The fourth-order valence-electron chi connectivity index (χ4n) is 3.32. The third kappa shape index (κ3) is 2.90. The molecule has 110 valence electrons. The van der Waals surface area contributed by atoms with Crippen LogP contribution in [0.4, 0.5) is 0 Å². The zero-order chi connectivity index (χ0) is 14.1. The van der Waals surface area contributed by atoms with Crippen LogP contribution in [0.25, 0.3) is 0 Å². The topological polar surface area (TPSA) is 32.5 Å². The Morgan fingerprint density at radius 2 is 1.80 bits per heavy atom. The second kappa shape index (κ2) is 5.84. The van der Waals surface area contributed by atoms with Gasteiger partial charge in [-0.25, -0.2) is 0 Å². The minimum Gasteiger partial charge on any atom is -0.329 e. The van der Waals surface area contributed by atoms with E-state index < -0.39 is 0 Å². The van der Waals surface area contributed by atoms with E-state index in [1.807, 2.05) is 0 Å². The maximum atomic E-state index is 6.08. The van der Waals surface area contributed by atoms with Gasteiger partial charge in [0.2, 0.25) is 0 Å². The van der Waals surface area contributed by atoms with Crippen LogP contribution in [-0.2, 0) is 0 Å². The molecule has 3 heteroatoms. The van der Waals surface area contributed by atoms with Gasteiger partial charge in [-0.1, -0.05) is 18.2 Å². The predicted molar refractivity (Wildman–Crippen MR) is 83.9 cm³/mol. The van der Waals surface area contributed by atoms with Crippen LogP contribution >= 0.6 is 0 Å². The van der Waals surface area contributed by atoms with Gasteiger partial charge in [0.25, 0.3) is 0 Å². The summed E-state index contributed by atoms with van der Waals surface area (Å²) in [6.45, 7) is 9.82. The molecule has 1 aliphatic heterocycles. The van der Waals surface area contributed by atoms with Gasteiger partial charge >= 0.3 is 0 Å². The minimum absolute atomic E-state index is 0.385. The van der Waals surface area contributed by atoms with E-state index in [9.17, 15) is 0 Å². The first-order valence-corrected chi connectivity index (χ1v) is 7.94. The molecule has 0 aromatic heterocycles. The van der Waals surface area contributed by atoms with Crippen molar-refractivity contribution in [1.29, 1.82) is 0 Å². The molecule has 0 radical (unpaired) electrons. The third-order valence-electron chi connectivity index (χ3n) is 4.99. The number of hydrogen-bond acceptors (Lipinski definition) is 3. The average molecular weight is 273 g/mol. The maximum Gasteiger partial charge on any atom is 0.0471 e. The normalized spacial score (nSPS) is 22.9. The first-order valence-electron chi connectivity index (χ1n) is 7.94. The standard InChI is InChI=1S/C17H27N3/c1-13-3-4-15(11-14(13)2)17(12-18)20-9-7-19(8-10-20)16-5-6-16/h3-4,11,16-17H,5-10,12,18H2,1-2H3. The Morgan fingerprint density at radius 3 is 2.35 bits per heavy atom. The van der Waals surface area contributed by atoms with Crippen molar-refractivity contribution in [2.75, 3.05) is 32.7 Å². The largest absolute Gasteiger partial charge is 0.329 e. The Hall–Kier alpha value is -0.900. The summed E-state index contributed by atoms with van der Waals surface area (Å²) >= 11 is 0. The van der Waals surface area contributed by atoms with Gasteiger partial charge in [-0.2, -0.15) is 0 Å². The summed E-state index contributed by atoms with van der Waals surface area (Å²) in [7, 11) is 0. The van der Waals surface area contributed by atoms with Crippen LogP contribution in [0.1, 0.15) is 35.6 Å². The molecule has 2 fully saturated rings. The molecule has 1 atom stereocenters. The van der Waals surface area contributed by atoms with E-state index in [1.165, 1.54) is 42.6 Å². The van der Waals surface area contributed by atoms with Crippen molar-refractivity contribution < 1.29 is 0 Å². The van der Waals surface area contributed by atoms with Crippen molar-refractivity contribution in [2.45, 2.75) is 38.8 Å². The fourth-order valence-corrected chi connectivity index (χ4v) is 3.32. The Balaban J connectivity index is 1.68. The summed E-state index contributed by atoms with van der Waals surface area (Å²) in [4.78, 5) is 5.23. The Labute approximate surface area is 122 Å². The molecule has 2 aliphatic rings. The van der Waals surface area contributed by atoms with Crippen LogP contribution in [-0.4, -0.2) is 48.6 Å². The third-order valence-corrected chi connectivity index (χ3v) is 4.99. The summed E-state index contributed by atoms with van der Waals surface area (Å²) < 4.78 is 0. The second-order valence-electron chi connectivity index (χ2n) is 6.40. The molecule has 3 rings (SSSR count).